The van der Waals surface area contributed by atoms with Crippen molar-refractivity contribution in [3.8, 4) is 5.75 Å². The van der Waals surface area contributed by atoms with Crippen molar-refractivity contribution in [2.45, 2.75) is 63.4 Å². The van der Waals surface area contributed by atoms with Gasteiger partial charge in [-0.25, -0.2) is 0 Å². The molecule has 142 valence electrons. The van der Waals surface area contributed by atoms with Crippen LogP contribution in [-0.2, 0) is 4.74 Å². The number of rotatable bonds is 2. The third-order valence-corrected chi connectivity index (χ3v) is 7.04. The Morgan fingerprint density at radius 3 is 2.78 bits per heavy atom. The zero-order valence-electron chi connectivity index (χ0n) is 16.3. The van der Waals surface area contributed by atoms with E-state index in [1.54, 1.807) is 0 Å². The first-order valence-corrected chi connectivity index (χ1v) is 9.79. The standard InChI is InChI=1S/C23H26O4/c1-13(2)9-10-22-20(25)14-11-16-19(24)15-7-5-6-8-17(15)26-23(16,22)18(12-14)21(3,4)27-22/h5-9,11,14,18,20,25H,10,12H2,1-4H3. The fraction of sp³-hybridized carbons (Fsp3) is 0.522. The maximum absolute atomic E-state index is 13.5. The van der Waals surface area contributed by atoms with E-state index >= 15 is 0 Å². The molecular formula is C23H26O4. The van der Waals surface area contributed by atoms with Gasteiger partial charge in [0.25, 0.3) is 0 Å². The monoisotopic (exact) mass is 366 g/mol. The van der Waals surface area contributed by atoms with Crippen LogP contribution in [0.3, 0.4) is 0 Å². The highest BCUT2D eigenvalue weighted by atomic mass is 16.6. The molecule has 1 saturated carbocycles. The second-order valence-electron chi connectivity index (χ2n) is 9.22. The maximum Gasteiger partial charge on any atom is 0.196 e. The highest BCUT2D eigenvalue weighted by molar-refractivity contribution is 6.13. The van der Waals surface area contributed by atoms with Gasteiger partial charge in [-0.1, -0.05) is 29.9 Å². The Balaban J connectivity index is 1.80. The third kappa shape index (κ3) is 1.88. The number of carbonyl (C=O) groups is 1. The quantitative estimate of drug-likeness (QED) is 0.808. The molecule has 4 bridgehead atoms. The Morgan fingerprint density at radius 1 is 1.30 bits per heavy atom. The molecule has 5 aliphatic rings. The van der Waals surface area contributed by atoms with Gasteiger partial charge in [0.1, 0.15) is 11.4 Å². The van der Waals surface area contributed by atoms with E-state index in [0.717, 1.165) is 12.0 Å². The summed E-state index contributed by atoms with van der Waals surface area (Å²) in [6, 6.07) is 7.43. The van der Waals surface area contributed by atoms with Crippen LogP contribution in [0.15, 0.2) is 47.6 Å². The summed E-state index contributed by atoms with van der Waals surface area (Å²) in [6.07, 6.45) is 4.66. The maximum atomic E-state index is 13.5. The minimum absolute atomic E-state index is 0.0151. The highest BCUT2D eigenvalue weighted by Crippen LogP contribution is 2.68. The van der Waals surface area contributed by atoms with Gasteiger partial charge < -0.3 is 14.6 Å². The van der Waals surface area contributed by atoms with Crippen LogP contribution in [0.25, 0.3) is 0 Å². The SMILES string of the molecule is CC(C)=CCC12OC(C)(C)C3CC(C=C4C(=O)c5ccccc5OC431)C2O. The Bertz CT molecular complexity index is 907. The van der Waals surface area contributed by atoms with Crippen molar-refractivity contribution in [2.24, 2.45) is 11.8 Å². The summed E-state index contributed by atoms with van der Waals surface area (Å²) >= 11 is 0. The topological polar surface area (TPSA) is 55.8 Å². The molecule has 1 aromatic rings. The number of fused-ring (bicyclic) bond motifs is 1. The molecule has 5 unspecified atom stereocenters. The number of para-hydroxylation sites is 1. The zero-order valence-corrected chi connectivity index (χ0v) is 16.3. The van der Waals surface area contributed by atoms with Crippen LogP contribution in [0.1, 0.15) is 50.9 Å². The molecule has 4 nitrogen and oxygen atoms in total. The van der Waals surface area contributed by atoms with Gasteiger partial charge in [-0.2, -0.15) is 0 Å². The molecule has 2 heterocycles. The van der Waals surface area contributed by atoms with Crippen molar-refractivity contribution >= 4 is 5.78 Å². The molecule has 0 radical (unpaired) electrons. The summed E-state index contributed by atoms with van der Waals surface area (Å²) in [5, 5.41) is 11.4. The number of hydrogen-bond acceptors (Lipinski definition) is 4. The average molecular weight is 366 g/mol. The zero-order chi connectivity index (χ0) is 19.2. The first-order chi connectivity index (χ1) is 12.7. The lowest BCUT2D eigenvalue weighted by molar-refractivity contribution is -0.204. The Morgan fingerprint density at radius 2 is 2.04 bits per heavy atom. The van der Waals surface area contributed by atoms with Gasteiger partial charge in [0.05, 0.1) is 17.3 Å². The van der Waals surface area contributed by atoms with E-state index in [1.807, 2.05) is 44.2 Å². The summed E-state index contributed by atoms with van der Waals surface area (Å²) < 4.78 is 13.4. The van der Waals surface area contributed by atoms with E-state index in [4.69, 9.17) is 9.47 Å². The van der Waals surface area contributed by atoms with Gasteiger partial charge >= 0.3 is 0 Å². The summed E-state index contributed by atoms with van der Waals surface area (Å²) in [6.45, 7) is 8.21. The summed E-state index contributed by atoms with van der Waals surface area (Å²) in [5.41, 5.74) is 0.0624. The number of aliphatic hydroxyl groups is 1. The van der Waals surface area contributed by atoms with Crippen LogP contribution in [0.5, 0.6) is 5.75 Å². The highest BCUT2D eigenvalue weighted by Gasteiger charge is 2.80. The van der Waals surface area contributed by atoms with Crippen LogP contribution in [0.2, 0.25) is 0 Å². The van der Waals surface area contributed by atoms with Crippen molar-refractivity contribution in [1.29, 1.82) is 0 Å². The molecule has 1 aromatic carbocycles. The Hall–Kier alpha value is -1.91. The fourth-order valence-corrected chi connectivity index (χ4v) is 5.98. The molecular weight excluding hydrogens is 340 g/mol. The first kappa shape index (κ1) is 17.2. The minimum atomic E-state index is -0.950. The van der Waals surface area contributed by atoms with Crippen molar-refractivity contribution in [3.63, 3.8) is 0 Å². The molecule has 2 aliphatic heterocycles. The van der Waals surface area contributed by atoms with Crippen molar-refractivity contribution in [3.05, 3.63) is 53.1 Å². The number of allylic oxidation sites excluding steroid dienone is 1. The van der Waals surface area contributed by atoms with Gasteiger partial charge in [0, 0.05) is 23.8 Å². The number of benzene rings is 1. The molecule has 4 heteroatoms. The molecule has 3 aliphatic carbocycles. The van der Waals surface area contributed by atoms with Gasteiger partial charge in [0.15, 0.2) is 11.4 Å². The van der Waals surface area contributed by atoms with Crippen LogP contribution < -0.4 is 4.74 Å². The second kappa shape index (κ2) is 5.12. The number of Topliss-reactive ketones (excluding diaryl/α,β-unsaturated/α-hetero) is 1. The predicted molar refractivity (Wildman–Crippen MR) is 102 cm³/mol. The number of ether oxygens (including phenoxy) is 2. The summed E-state index contributed by atoms with van der Waals surface area (Å²) in [7, 11) is 0. The van der Waals surface area contributed by atoms with E-state index in [-0.39, 0.29) is 17.6 Å². The van der Waals surface area contributed by atoms with Gasteiger partial charge in [-0.15, -0.1) is 0 Å². The van der Waals surface area contributed by atoms with Crippen molar-refractivity contribution < 1.29 is 19.4 Å². The predicted octanol–water partition coefficient (Wildman–Crippen LogP) is 3.84. The largest absolute Gasteiger partial charge is 0.478 e. The Kier molecular flexibility index (Phi) is 3.26. The lowest BCUT2D eigenvalue weighted by Crippen LogP contribution is -2.73. The molecule has 1 spiro atoms. The third-order valence-electron chi connectivity index (χ3n) is 7.04. The fourth-order valence-electron chi connectivity index (χ4n) is 5.98. The summed E-state index contributed by atoms with van der Waals surface area (Å²) in [4.78, 5) is 13.5. The van der Waals surface area contributed by atoms with Crippen LogP contribution in [-0.4, -0.2) is 33.8 Å². The van der Waals surface area contributed by atoms with Crippen LogP contribution >= 0.6 is 0 Å². The molecule has 0 aromatic heterocycles. The number of ketones is 1. The second-order valence-corrected chi connectivity index (χ2v) is 9.22. The van der Waals surface area contributed by atoms with E-state index in [2.05, 4.69) is 19.9 Å². The molecule has 0 amide bonds. The molecule has 5 atom stereocenters. The van der Waals surface area contributed by atoms with Gasteiger partial charge in [-0.05, 0) is 46.2 Å². The smallest absolute Gasteiger partial charge is 0.196 e. The average Bonchev–Trinajstić information content (AvgIpc) is 2.78. The van der Waals surface area contributed by atoms with Crippen molar-refractivity contribution in [2.75, 3.05) is 0 Å². The van der Waals surface area contributed by atoms with E-state index in [1.165, 1.54) is 0 Å². The lowest BCUT2D eigenvalue weighted by Gasteiger charge is -2.59. The number of carbonyl (C=O) groups excluding carboxylic acids is 1. The van der Waals surface area contributed by atoms with E-state index < -0.39 is 22.9 Å². The van der Waals surface area contributed by atoms with Crippen molar-refractivity contribution in [1.82, 2.24) is 0 Å². The Labute approximate surface area is 159 Å². The van der Waals surface area contributed by atoms with Crippen LogP contribution in [0.4, 0.5) is 0 Å². The lowest BCUT2D eigenvalue weighted by atomic mass is 9.50. The van der Waals surface area contributed by atoms with Crippen LogP contribution in [0, 0.1) is 11.8 Å². The summed E-state index contributed by atoms with van der Waals surface area (Å²) in [5.74, 6) is 0.541. The molecule has 2 fully saturated rings. The first-order valence-electron chi connectivity index (χ1n) is 9.79. The minimum Gasteiger partial charge on any atom is -0.478 e. The molecule has 1 N–H and O–H groups in total. The number of aliphatic hydroxyl groups excluding tert-OH is 1. The molecule has 6 rings (SSSR count). The van der Waals surface area contributed by atoms with E-state index in [0.29, 0.717) is 23.3 Å². The van der Waals surface area contributed by atoms with Gasteiger partial charge in [-0.3, -0.25) is 4.79 Å². The molecule has 27 heavy (non-hydrogen) atoms. The molecule has 1 saturated heterocycles. The van der Waals surface area contributed by atoms with Gasteiger partial charge in [0.2, 0.25) is 0 Å². The van der Waals surface area contributed by atoms with E-state index in [9.17, 15) is 9.90 Å². The number of hydrogen-bond donors (Lipinski definition) is 1. The normalized spacial score (nSPS) is 40.0.